The first kappa shape index (κ1) is 13.1. The van der Waals surface area contributed by atoms with Crippen LogP contribution in [0.1, 0.15) is 58.8 Å². The number of nitrogens with zero attached hydrogens (tertiary/aromatic N) is 1. The fourth-order valence-corrected chi connectivity index (χ4v) is 3.93. The highest BCUT2D eigenvalue weighted by atomic mass is 16.2. The smallest absolute Gasteiger partial charge is 0.229 e. The zero-order valence-corrected chi connectivity index (χ0v) is 12.0. The molecule has 3 fully saturated rings. The summed E-state index contributed by atoms with van der Waals surface area (Å²) < 4.78 is 0. The SMILES string of the molecule is CC1(C)CC(=O)N(C2CCNC3(CCC3)C2)C(=O)C1. The molecule has 3 aliphatic rings. The Morgan fingerprint density at radius 3 is 2.32 bits per heavy atom. The molecule has 0 bridgehead atoms. The fraction of sp³-hybridized carbons (Fsp3) is 0.867. The summed E-state index contributed by atoms with van der Waals surface area (Å²) in [5.41, 5.74) is 0.0716. The van der Waals surface area contributed by atoms with Gasteiger partial charge in [-0.2, -0.15) is 0 Å². The maximum atomic E-state index is 12.3. The van der Waals surface area contributed by atoms with E-state index < -0.39 is 0 Å². The van der Waals surface area contributed by atoms with Crippen molar-refractivity contribution in [1.82, 2.24) is 10.2 Å². The Morgan fingerprint density at radius 1 is 1.16 bits per heavy atom. The summed E-state index contributed by atoms with van der Waals surface area (Å²) in [5, 5.41) is 3.60. The van der Waals surface area contributed by atoms with E-state index in [1.807, 2.05) is 13.8 Å². The van der Waals surface area contributed by atoms with Crippen molar-refractivity contribution in [3.8, 4) is 0 Å². The molecule has 19 heavy (non-hydrogen) atoms. The van der Waals surface area contributed by atoms with Gasteiger partial charge in [0.1, 0.15) is 0 Å². The van der Waals surface area contributed by atoms with Crippen molar-refractivity contribution in [1.29, 1.82) is 0 Å². The summed E-state index contributed by atoms with van der Waals surface area (Å²) in [5.74, 6) is 0.0882. The van der Waals surface area contributed by atoms with Crippen molar-refractivity contribution in [3.05, 3.63) is 0 Å². The van der Waals surface area contributed by atoms with Gasteiger partial charge in [-0.3, -0.25) is 14.5 Å². The minimum atomic E-state index is -0.161. The third kappa shape index (κ3) is 2.31. The van der Waals surface area contributed by atoms with Gasteiger partial charge in [0.05, 0.1) is 0 Å². The highest BCUT2D eigenvalue weighted by Crippen LogP contribution is 2.41. The number of hydrogen-bond acceptors (Lipinski definition) is 3. The number of likely N-dealkylation sites (tertiary alicyclic amines) is 1. The number of imide groups is 1. The molecule has 1 aliphatic carbocycles. The number of nitrogens with one attached hydrogen (secondary N) is 1. The summed E-state index contributed by atoms with van der Waals surface area (Å²) in [6.07, 6.45) is 6.57. The predicted octanol–water partition coefficient (Wildman–Crippen LogP) is 1.84. The molecule has 1 spiro atoms. The van der Waals surface area contributed by atoms with Crippen molar-refractivity contribution in [2.24, 2.45) is 5.41 Å². The molecule has 2 amide bonds. The zero-order chi connectivity index (χ0) is 13.7. The largest absolute Gasteiger partial charge is 0.311 e. The molecule has 1 unspecified atom stereocenters. The molecule has 1 N–H and O–H groups in total. The van der Waals surface area contributed by atoms with Crippen molar-refractivity contribution >= 4 is 11.8 Å². The van der Waals surface area contributed by atoms with Gasteiger partial charge in [-0.1, -0.05) is 13.8 Å². The zero-order valence-electron chi connectivity index (χ0n) is 12.0. The Balaban J connectivity index is 1.74. The highest BCUT2D eigenvalue weighted by molar-refractivity contribution is 5.98. The summed E-state index contributed by atoms with van der Waals surface area (Å²) in [6.45, 7) is 4.96. The summed E-state index contributed by atoms with van der Waals surface area (Å²) >= 11 is 0. The van der Waals surface area contributed by atoms with E-state index >= 15 is 0 Å². The van der Waals surface area contributed by atoms with E-state index in [2.05, 4.69) is 5.32 Å². The van der Waals surface area contributed by atoms with Crippen molar-refractivity contribution < 1.29 is 9.59 Å². The first-order valence-electron chi connectivity index (χ1n) is 7.51. The number of rotatable bonds is 1. The lowest BCUT2D eigenvalue weighted by atomic mass is 9.69. The van der Waals surface area contributed by atoms with Gasteiger partial charge in [-0.05, 0) is 44.1 Å². The van der Waals surface area contributed by atoms with Crippen molar-refractivity contribution in [3.63, 3.8) is 0 Å². The van der Waals surface area contributed by atoms with Gasteiger partial charge in [0.2, 0.25) is 11.8 Å². The number of carbonyl (C=O) groups excluding carboxylic acids is 2. The molecule has 1 saturated carbocycles. The number of amides is 2. The first-order chi connectivity index (χ1) is 8.91. The lowest BCUT2D eigenvalue weighted by Crippen LogP contribution is -2.62. The first-order valence-corrected chi connectivity index (χ1v) is 7.51. The molecule has 4 heteroatoms. The van der Waals surface area contributed by atoms with E-state index in [9.17, 15) is 9.59 Å². The number of carbonyl (C=O) groups is 2. The molecule has 2 heterocycles. The third-order valence-corrected chi connectivity index (χ3v) is 5.08. The summed E-state index contributed by atoms with van der Waals surface area (Å²) in [7, 11) is 0. The van der Waals surface area contributed by atoms with E-state index in [1.165, 1.54) is 19.3 Å². The molecule has 3 rings (SSSR count). The molecular formula is C15H24N2O2. The molecule has 4 nitrogen and oxygen atoms in total. The van der Waals surface area contributed by atoms with Crippen molar-refractivity contribution in [2.45, 2.75) is 70.4 Å². The predicted molar refractivity (Wildman–Crippen MR) is 72.5 cm³/mol. The molecular weight excluding hydrogens is 240 g/mol. The standard InChI is InChI=1S/C15H24N2O2/c1-14(2)9-12(18)17(13(19)10-14)11-4-7-16-15(8-11)5-3-6-15/h11,16H,3-10H2,1-2H3. The summed E-state index contributed by atoms with van der Waals surface area (Å²) in [6, 6.07) is 0.137. The quantitative estimate of drug-likeness (QED) is 0.735. The molecule has 2 saturated heterocycles. The molecule has 2 aliphatic heterocycles. The van der Waals surface area contributed by atoms with Gasteiger partial charge in [0, 0.05) is 24.4 Å². The van der Waals surface area contributed by atoms with Gasteiger partial charge >= 0.3 is 0 Å². The topological polar surface area (TPSA) is 49.4 Å². The van der Waals surface area contributed by atoms with E-state index in [4.69, 9.17) is 0 Å². The van der Waals surface area contributed by atoms with Crippen LogP contribution in [-0.2, 0) is 9.59 Å². The second-order valence-corrected chi connectivity index (χ2v) is 7.38. The minimum Gasteiger partial charge on any atom is -0.311 e. The molecule has 0 aromatic carbocycles. The molecule has 1 atom stereocenters. The Hall–Kier alpha value is -0.900. The van der Waals surface area contributed by atoms with E-state index in [-0.39, 0.29) is 28.8 Å². The van der Waals surface area contributed by atoms with Crippen LogP contribution >= 0.6 is 0 Å². The second-order valence-electron chi connectivity index (χ2n) is 7.38. The van der Waals surface area contributed by atoms with Gasteiger partial charge in [-0.15, -0.1) is 0 Å². The number of hydrogen-bond donors (Lipinski definition) is 1. The fourth-order valence-electron chi connectivity index (χ4n) is 3.93. The van der Waals surface area contributed by atoms with Gasteiger partial charge < -0.3 is 5.32 Å². The Kier molecular flexibility index (Phi) is 2.97. The van der Waals surface area contributed by atoms with Crippen LogP contribution in [0, 0.1) is 5.41 Å². The van der Waals surface area contributed by atoms with E-state index in [0.29, 0.717) is 12.8 Å². The second kappa shape index (κ2) is 4.30. The van der Waals surface area contributed by atoms with E-state index in [0.717, 1.165) is 19.4 Å². The normalized spacial score (nSPS) is 33.4. The maximum absolute atomic E-state index is 12.3. The summed E-state index contributed by atoms with van der Waals surface area (Å²) in [4.78, 5) is 26.2. The van der Waals surface area contributed by atoms with Gasteiger partial charge in [0.15, 0.2) is 0 Å². The lowest BCUT2D eigenvalue weighted by Gasteiger charge is -2.51. The number of piperidine rings is 2. The van der Waals surface area contributed by atoms with Crippen LogP contribution in [0.25, 0.3) is 0 Å². The lowest BCUT2D eigenvalue weighted by molar-refractivity contribution is -0.157. The van der Waals surface area contributed by atoms with Crippen LogP contribution in [0.15, 0.2) is 0 Å². The highest BCUT2D eigenvalue weighted by Gasteiger charge is 2.47. The monoisotopic (exact) mass is 264 g/mol. The van der Waals surface area contributed by atoms with E-state index in [1.54, 1.807) is 4.90 Å². The van der Waals surface area contributed by atoms with Crippen molar-refractivity contribution in [2.75, 3.05) is 6.54 Å². The van der Waals surface area contributed by atoms with Gasteiger partial charge in [0.25, 0.3) is 0 Å². The Bertz CT molecular complexity index is 392. The third-order valence-electron chi connectivity index (χ3n) is 5.08. The average Bonchev–Trinajstić information content (AvgIpc) is 2.24. The van der Waals surface area contributed by atoms with Crippen LogP contribution in [0.3, 0.4) is 0 Å². The van der Waals surface area contributed by atoms with Crippen LogP contribution in [0.5, 0.6) is 0 Å². The minimum absolute atomic E-state index is 0.0441. The van der Waals surface area contributed by atoms with Crippen LogP contribution in [0.2, 0.25) is 0 Å². The Morgan fingerprint density at radius 2 is 1.79 bits per heavy atom. The Labute approximate surface area is 114 Å². The molecule has 106 valence electrons. The van der Waals surface area contributed by atoms with Crippen LogP contribution < -0.4 is 5.32 Å². The average molecular weight is 264 g/mol. The molecule has 0 aromatic rings. The van der Waals surface area contributed by atoms with Crippen LogP contribution in [-0.4, -0.2) is 34.8 Å². The molecule has 0 radical (unpaired) electrons. The molecule has 0 aromatic heterocycles. The van der Waals surface area contributed by atoms with Gasteiger partial charge in [-0.25, -0.2) is 0 Å². The maximum Gasteiger partial charge on any atom is 0.229 e. The van der Waals surface area contributed by atoms with Crippen LogP contribution in [0.4, 0.5) is 0 Å².